The average molecular weight is 245 g/mol. The molecule has 0 spiro atoms. The van der Waals surface area contributed by atoms with Gasteiger partial charge in [0.25, 0.3) is 0 Å². The van der Waals surface area contributed by atoms with Crippen molar-refractivity contribution in [3.05, 3.63) is 0 Å². The van der Waals surface area contributed by atoms with Gasteiger partial charge < -0.3 is 5.73 Å². The van der Waals surface area contributed by atoms with Crippen molar-refractivity contribution in [1.29, 1.82) is 0 Å². The standard InChI is InChI=1S/C10H19N3S2/c1-4-9-7(3)8(5-6(2)15-9)12-13-10(11)14/h6-7,9H,4-5H2,1-3H3,(H3,11,13,14)/t6-,7+,9-/m0/s1. The third-order valence-electron chi connectivity index (χ3n) is 2.70. The monoisotopic (exact) mass is 245 g/mol. The highest BCUT2D eigenvalue weighted by Gasteiger charge is 2.29. The second-order valence-corrected chi connectivity index (χ2v) is 6.09. The van der Waals surface area contributed by atoms with Crippen molar-refractivity contribution < 1.29 is 0 Å². The van der Waals surface area contributed by atoms with Crippen molar-refractivity contribution in [2.45, 2.75) is 44.1 Å². The number of hydrogen-bond acceptors (Lipinski definition) is 3. The molecule has 1 rings (SSSR count). The maximum absolute atomic E-state index is 5.36. The number of nitrogens with one attached hydrogen (secondary N) is 1. The summed E-state index contributed by atoms with van der Waals surface area (Å²) in [6.07, 6.45) is 2.21. The van der Waals surface area contributed by atoms with Crippen molar-refractivity contribution >= 4 is 34.8 Å². The first-order chi connectivity index (χ1) is 7.04. The van der Waals surface area contributed by atoms with Gasteiger partial charge in [0, 0.05) is 22.1 Å². The highest BCUT2D eigenvalue weighted by atomic mass is 32.2. The number of hydrogen-bond donors (Lipinski definition) is 2. The summed E-state index contributed by atoms with van der Waals surface area (Å²) in [4.78, 5) is 0. The molecule has 0 amide bonds. The lowest BCUT2D eigenvalue weighted by Gasteiger charge is -2.32. The average Bonchev–Trinajstić information content (AvgIpc) is 2.18. The molecule has 0 unspecified atom stereocenters. The first kappa shape index (κ1) is 12.8. The Morgan fingerprint density at radius 2 is 2.33 bits per heavy atom. The minimum Gasteiger partial charge on any atom is -0.375 e. The third-order valence-corrected chi connectivity index (χ3v) is 4.51. The molecule has 1 aliphatic heterocycles. The number of nitrogens with zero attached hydrogens (tertiary/aromatic N) is 1. The third kappa shape index (κ3) is 3.65. The van der Waals surface area contributed by atoms with Gasteiger partial charge in [0.2, 0.25) is 0 Å². The SMILES string of the molecule is CC[C@@H]1S[C@@H](C)CC(=NNC(N)=S)[C@H]1C. The van der Waals surface area contributed by atoms with Gasteiger partial charge in [0.15, 0.2) is 5.11 Å². The normalized spacial score (nSPS) is 34.1. The first-order valence-electron chi connectivity index (χ1n) is 5.32. The molecule has 3 nitrogen and oxygen atoms in total. The molecule has 0 aromatic rings. The van der Waals surface area contributed by atoms with Crippen LogP contribution in [0.4, 0.5) is 0 Å². The summed E-state index contributed by atoms with van der Waals surface area (Å²) in [5.74, 6) is 0.512. The second kappa shape index (κ2) is 5.70. The Morgan fingerprint density at radius 3 is 2.87 bits per heavy atom. The van der Waals surface area contributed by atoms with Gasteiger partial charge in [-0.3, -0.25) is 5.43 Å². The van der Waals surface area contributed by atoms with E-state index in [2.05, 4.69) is 43.1 Å². The molecule has 0 saturated carbocycles. The Labute approximate surface area is 101 Å². The maximum Gasteiger partial charge on any atom is 0.184 e. The molecule has 86 valence electrons. The molecule has 0 aliphatic carbocycles. The van der Waals surface area contributed by atoms with Gasteiger partial charge in [0.1, 0.15) is 0 Å². The lowest BCUT2D eigenvalue weighted by Crippen LogP contribution is -2.35. The Bertz CT molecular complexity index is 265. The minimum absolute atomic E-state index is 0.244. The Hall–Kier alpha value is -0.290. The molecule has 0 radical (unpaired) electrons. The lowest BCUT2D eigenvalue weighted by molar-refractivity contribution is 0.645. The van der Waals surface area contributed by atoms with Crippen LogP contribution in [-0.4, -0.2) is 21.3 Å². The van der Waals surface area contributed by atoms with Crippen LogP contribution in [0.25, 0.3) is 0 Å². The fourth-order valence-corrected chi connectivity index (χ4v) is 3.38. The fourth-order valence-electron chi connectivity index (χ4n) is 1.88. The summed E-state index contributed by atoms with van der Waals surface area (Å²) >= 11 is 6.80. The van der Waals surface area contributed by atoms with E-state index in [-0.39, 0.29) is 5.11 Å². The van der Waals surface area contributed by atoms with Gasteiger partial charge in [-0.1, -0.05) is 20.8 Å². The van der Waals surface area contributed by atoms with Crippen molar-refractivity contribution in [2.75, 3.05) is 0 Å². The summed E-state index contributed by atoms with van der Waals surface area (Å²) < 4.78 is 0. The molecule has 0 aromatic heterocycles. The van der Waals surface area contributed by atoms with Crippen molar-refractivity contribution in [3.63, 3.8) is 0 Å². The number of thiocarbonyl (C=S) groups is 1. The van der Waals surface area contributed by atoms with Gasteiger partial charge in [-0.05, 0) is 25.1 Å². The first-order valence-corrected chi connectivity index (χ1v) is 6.67. The van der Waals surface area contributed by atoms with E-state index < -0.39 is 0 Å². The van der Waals surface area contributed by atoms with E-state index in [0.717, 1.165) is 6.42 Å². The van der Waals surface area contributed by atoms with Crippen LogP contribution >= 0.6 is 24.0 Å². The predicted molar refractivity (Wildman–Crippen MR) is 72.3 cm³/mol. The van der Waals surface area contributed by atoms with E-state index >= 15 is 0 Å². The van der Waals surface area contributed by atoms with Gasteiger partial charge in [-0.25, -0.2) is 0 Å². The Balaban J connectivity index is 2.69. The lowest BCUT2D eigenvalue weighted by atomic mass is 9.95. The van der Waals surface area contributed by atoms with Crippen molar-refractivity contribution in [3.8, 4) is 0 Å². The molecule has 1 heterocycles. The molecular weight excluding hydrogens is 226 g/mol. The van der Waals surface area contributed by atoms with E-state index in [1.807, 2.05) is 0 Å². The van der Waals surface area contributed by atoms with Crippen LogP contribution in [-0.2, 0) is 0 Å². The smallest absolute Gasteiger partial charge is 0.184 e. The van der Waals surface area contributed by atoms with Crippen LogP contribution in [0.15, 0.2) is 5.10 Å². The Kier molecular flexibility index (Phi) is 4.86. The molecule has 1 aliphatic rings. The number of hydrazone groups is 1. The zero-order chi connectivity index (χ0) is 11.4. The van der Waals surface area contributed by atoms with E-state index in [0.29, 0.717) is 16.4 Å². The molecule has 5 heteroatoms. The Morgan fingerprint density at radius 1 is 1.67 bits per heavy atom. The molecular formula is C10H19N3S2. The molecule has 3 atom stereocenters. The highest BCUT2D eigenvalue weighted by molar-refractivity contribution is 8.00. The quantitative estimate of drug-likeness (QED) is 0.578. The fraction of sp³-hybridized carbons (Fsp3) is 0.800. The van der Waals surface area contributed by atoms with E-state index in [4.69, 9.17) is 18.0 Å². The van der Waals surface area contributed by atoms with Gasteiger partial charge >= 0.3 is 0 Å². The number of thioether (sulfide) groups is 1. The zero-order valence-electron chi connectivity index (χ0n) is 9.49. The molecule has 1 fully saturated rings. The van der Waals surface area contributed by atoms with Crippen LogP contribution < -0.4 is 11.2 Å². The van der Waals surface area contributed by atoms with E-state index in [1.165, 1.54) is 12.1 Å². The van der Waals surface area contributed by atoms with Gasteiger partial charge in [-0.15, -0.1) is 0 Å². The van der Waals surface area contributed by atoms with Crippen molar-refractivity contribution in [2.24, 2.45) is 16.8 Å². The van der Waals surface area contributed by atoms with Crippen molar-refractivity contribution in [1.82, 2.24) is 5.43 Å². The van der Waals surface area contributed by atoms with E-state index in [9.17, 15) is 0 Å². The van der Waals surface area contributed by atoms with Gasteiger partial charge in [0.05, 0.1) is 0 Å². The van der Waals surface area contributed by atoms with Crippen LogP contribution in [0.1, 0.15) is 33.6 Å². The predicted octanol–water partition coefficient (Wildman–Crippen LogP) is 2.12. The summed E-state index contributed by atoms with van der Waals surface area (Å²) in [5, 5.41) is 5.85. The molecule has 15 heavy (non-hydrogen) atoms. The highest BCUT2D eigenvalue weighted by Crippen LogP contribution is 2.35. The maximum atomic E-state index is 5.36. The summed E-state index contributed by atoms with van der Waals surface area (Å²) in [6.45, 7) is 6.70. The molecule has 0 aromatic carbocycles. The largest absolute Gasteiger partial charge is 0.375 e. The van der Waals surface area contributed by atoms with Crippen LogP contribution in [0.2, 0.25) is 0 Å². The van der Waals surface area contributed by atoms with Crippen LogP contribution in [0.5, 0.6) is 0 Å². The molecule has 0 bridgehead atoms. The van der Waals surface area contributed by atoms with Gasteiger partial charge in [-0.2, -0.15) is 16.9 Å². The number of rotatable bonds is 2. The topological polar surface area (TPSA) is 50.4 Å². The number of nitrogens with two attached hydrogens (primary N) is 1. The summed E-state index contributed by atoms with van der Waals surface area (Å²) in [7, 11) is 0. The molecule has 3 N–H and O–H groups in total. The summed E-state index contributed by atoms with van der Waals surface area (Å²) in [6, 6.07) is 0. The van der Waals surface area contributed by atoms with E-state index in [1.54, 1.807) is 0 Å². The second-order valence-electron chi connectivity index (χ2n) is 3.97. The van der Waals surface area contributed by atoms with Crippen LogP contribution in [0.3, 0.4) is 0 Å². The molecule has 1 saturated heterocycles. The minimum atomic E-state index is 0.244. The van der Waals surface area contributed by atoms with Crippen LogP contribution in [0, 0.1) is 5.92 Å². The zero-order valence-corrected chi connectivity index (χ0v) is 11.1. The summed E-state index contributed by atoms with van der Waals surface area (Å²) in [5.41, 5.74) is 9.26.